The van der Waals surface area contributed by atoms with Crippen molar-refractivity contribution in [2.45, 2.75) is 17.2 Å². The minimum absolute atomic E-state index is 0.0440. The summed E-state index contributed by atoms with van der Waals surface area (Å²) in [5, 5.41) is 4.43. The largest absolute Gasteiger partial charge is 0.384 e. The molecule has 1 aliphatic carbocycles. The van der Waals surface area contributed by atoms with Gasteiger partial charge in [-0.2, -0.15) is 9.61 Å². The Labute approximate surface area is 201 Å². The van der Waals surface area contributed by atoms with Crippen molar-refractivity contribution in [3.05, 3.63) is 78.3 Å². The summed E-state index contributed by atoms with van der Waals surface area (Å²) in [7, 11) is -2.02. The maximum Gasteiger partial charge on any atom is 0.266 e. The summed E-state index contributed by atoms with van der Waals surface area (Å²) in [5.74, 6) is -0.00704. The van der Waals surface area contributed by atoms with Crippen molar-refractivity contribution in [1.82, 2.24) is 24.3 Å². The highest BCUT2D eigenvalue weighted by atomic mass is 32.2. The average molecular weight is 482 g/mol. The van der Waals surface area contributed by atoms with Crippen LogP contribution in [0.25, 0.3) is 28.0 Å². The summed E-state index contributed by atoms with van der Waals surface area (Å²) in [6, 6.07) is 8.56. The number of allylic oxidation sites excluding steroid dienone is 4. The molecule has 6 rings (SSSR count). The van der Waals surface area contributed by atoms with Crippen LogP contribution in [0.15, 0.2) is 71.9 Å². The van der Waals surface area contributed by atoms with E-state index >= 15 is 0 Å². The summed E-state index contributed by atoms with van der Waals surface area (Å²) >= 11 is 0. The molecule has 4 aromatic rings. The number of sulfonamides is 1. The van der Waals surface area contributed by atoms with Gasteiger partial charge in [-0.05, 0) is 30.1 Å². The van der Waals surface area contributed by atoms with Gasteiger partial charge in [0.25, 0.3) is 15.9 Å². The van der Waals surface area contributed by atoms with Crippen molar-refractivity contribution < 1.29 is 13.2 Å². The number of nitrogens with zero attached hydrogens (tertiary/aromatic N) is 4. The molecule has 1 unspecified atom stereocenters. The summed E-state index contributed by atoms with van der Waals surface area (Å²) < 4.78 is 27.8. The first kappa shape index (κ1) is 21.3. The fraction of sp³-hybridized carbons (Fsp3) is 0.0833. The van der Waals surface area contributed by atoms with E-state index in [1.807, 2.05) is 36.9 Å². The van der Waals surface area contributed by atoms with E-state index in [0.29, 0.717) is 28.2 Å². The zero-order valence-corrected chi connectivity index (χ0v) is 19.5. The maximum atomic E-state index is 12.2. The molecule has 3 aromatic heterocycles. The van der Waals surface area contributed by atoms with Gasteiger partial charge in [0, 0.05) is 34.5 Å². The van der Waals surface area contributed by atoms with Gasteiger partial charge in [0.2, 0.25) is 0 Å². The van der Waals surface area contributed by atoms with Crippen molar-refractivity contribution in [2.24, 2.45) is 0 Å². The van der Waals surface area contributed by atoms with Crippen LogP contribution < -0.4 is 15.9 Å². The molecule has 0 fully saturated rings. The normalized spacial score (nSPS) is 18.1. The van der Waals surface area contributed by atoms with Gasteiger partial charge >= 0.3 is 0 Å². The van der Waals surface area contributed by atoms with Gasteiger partial charge in [-0.3, -0.25) is 9.78 Å². The van der Waals surface area contributed by atoms with Crippen LogP contribution in [-0.4, -0.2) is 41.8 Å². The molecular formula is C24H19BN6O3S. The zero-order chi connectivity index (χ0) is 24.3. The summed E-state index contributed by atoms with van der Waals surface area (Å²) in [6.45, 7) is 0. The lowest BCUT2D eigenvalue weighted by Crippen LogP contribution is -2.20. The van der Waals surface area contributed by atoms with E-state index in [-0.39, 0.29) is 16.4 Å². The third-order valence-electron chi connectivity index (χ3n) is 6.40. The SMILES string of the molecule is Bc1c(-c2ccc3c(c2)C(=O)NS3(=O)=O)nc2c(-c3ccc(C4C=CC=CC4)nc3)cnn2c1N. The Balaban J connectivity index is 1.45. The number of pyridine rings is 1. The molecule has 3 N–H and O–H groups in total. The molecule has 0 radical (unpaired) electrons. The molecule has 1 amide bonds. The quantitative estimate of drug-likeness (QED) is 0.421. The number of carbonyl (C=O) groups is 1. The Morgan fingerprint density at radius 1 is 1.09 bits per heavy atom. The van der Waals surface area contributed by atoms with Crippen LogP contribution in [0.2, 0.25) is 0 Å². The molecule has 4 heterocycles. The Bertz CT molecular complexity index is 1710. The highest BCUT2D eigenvalue weighted by Crippen LogP contribution is 2.31. The number of fused-ring (bicyclic) bond motifs is 2. The number of nitrogens with one attached hydrogen (secondary N) is 1. The highest BCUT2D eigenvalue weighted by Gasteiger charge is 2.33. The number of nitrogen functional groups attached to an aromatic ring is 1. The third kappa shape index (κ3) is 3.35. The number of aromatic nitrogens is 4. The number of carbonyl (C=O) groups excluding carboxylic acids is 1. The standard InChI is InChI=1S/C24H19BN6O3S/c25-20-21(14-7-9-19-16(10-14)24(32)30-35(19,33)34)29-23-17(12-28-31(23)22(20)26)15-6-8-18(27-11-15)13-4-2-1-3-5-13/h1-4,6-13H,5,25-26H2,(H,30,32). The predicted molar refractivity (Wildman–Crippen MR) is 135 cm³/mol. The first-order valence-electron chi connectivity index (χ1n) is 11.0. The van der Waals surface area contributed by atoms with Crippen LogP contribution in [0, 0.1) is 0 Å². The molecule has 1 aromatic carbocycles. The van der Waals surface area contributed by atoms with Gasteiger partial charge in [0.05, 0.1) is 17.5 Å². The average Bonchev–Trinajstić information content (AvgIpc) is 3.39. The van der Waals surface area contributed by atoms with Crippen molar-refractivity contribution in [1.29, 1.82) is 0 Å². The third-order valence-corrected chi connectivity index (χ3v) is 7.79. The van der Waals surface area contributed by atoms with Crippen molar-refractivity contribution in [3.63, 3.8) is 0 Å². The van der Waals surface area contributed by atoms with Gasteiger partial charge in [0.15, 0.2) is 5.65 Å². The lowest BCUT2D eigenvalue weighted by molar-refractivity contribution is 0.0985. The van der Waals surface area contributed by atoms with E-state index in [1.165, 1.54) is 12.1 Å². The number of rotatable bonds is 3. The fourth-order valence-electron chi connectivity index (χ4n) is 4.49. The van der Waals surface area contributed by atoms with Crippen LogP contribution >= 0.6 is 0 Å². The molecule has 0 spiro atoms. The molecule has 172 valence electrons. The molecule has 2 aliphatic rings. The number of benzene rings is 1. The lowest BCUT2D eigenvalue weighted by atomic mass is 9.90. The Hall–Kier alpha value is -4.25. The Morgan fingerprint density at radius 3 is 2.66 bits per heavy atom. The number of nitrogens with two attached hydrogens (primary N) is 1. The smallest absolute Gasteiger partial charge is 0.266 e. The van der Waals surface area contributed by atoms with E-state index in [9.17, 15) is 13.2 Å². The van der Waals surface area contributed by atoms with Gasteiger partial charge in [-0.25, -0.2) is 18.1 Å². The summed E-state index contributed by atoms with van der Waals surface area (Å²) in [6.07, 6.45) is 12.7. The topological polar surface area (TPSA) is 132 Å². The Kier molecular flexibility index (Phi) is 4.65. The van der Waals surface area contributed by atoms with Gasteiger partial charge < -0.3 is 5.73 Å². The van der Waals surface area contributed by atoms with Crippen LogP contribution in [0.3, 0.4) is 0 Å². The second-order valence-corrected chi connectivity index (χ2v) is 10.2. The molecule has 1 atom stereocenters. The van der Waals surface area contributed by atoms with E-state index in [4.69, 9.17) is 10.7 Å². The second kappa shape index (κ2) is 7.64. The predicted octanol–water partition coefficient (Wildman–Crippen LogP) is 1.33. The molecule has 0 saturated heterocycles. The minimum Gasteiger partial charge on any atom is -0.384 e. The Morgan fingerprint density at radius 2 is 1.91 bits per heavy atom. The van der Waals surface area contributed by atoms with Crippen molar-refractivity contribution in [3.8, 4) is 22.4 Å². The van der Waals surface area contributed by atoms with E-state index in [2.05, 4.69) is 22.2 Å². The molecule has 1 aliphatic heterocycles. The van der Waals surface area contributed by atoms with Gasteiger partial charge in [-0.1, -0.05) is 36.4 Å². The number of amides is 1. The molecule has 9 nitrogen and oxygen atoms in total. The summed E-state index contributed by atoms with van der Waals surface area (Å²) in [5.41, 5.74) is 11.4. The van der Waals surface area contributed by atoms with E-state index < -0.39 is 15.9 Å². The summed E-state index contributed by atoms with van der Waals surface area (Å²) in [4.78, 5) is 21.7. The first-order chi connectivity index (χ1) is 16.8. The van der Waals surface area contributed by atoms with Gasteiger partial charge in [-0.15, -0.1) is 0 Å². The minimum atomic E-state index is -3.83. The zero-order valence-electron chi connectivity index (χ0n) is 18.6. The van der Waals surface area contributed by atoms with Crippen LogP contribution in [0.4, 0.5) is 5.82 Å². The van der Waals surface area contributed by atoms with Crippen LogP contribution in [0.5, 0.6) is 0 Å². The van der Waals surface area contributed by atoms with Crippen LogP contribution in [0.1, 0.15) is 28.4 Å². The van der Waals surface area contributed by atoms with E-state index in [0.717, 1.165) is 23.2 Å². The van der Waals surface area contributed by atoms with Crippen molar-refractivity contribution >= 4 is 40.7 Å². The fourth-order valence-corrected chi connectivity index (χ4v) is 5.64. The van der Waals surface area contributed by atoms with Crippen molar-refractivity contribution in [2.75, 3.05) is 5.73 Å². The molecule has 0 bridgehead atoms. The number of hydrogen-bond donors (Lipinski definition) is 2. The van der Waals surface area contributed by atoms with Crippen LogP contribution in [-0.2, 0) is 10.0 Å². The molecule has 0 saturated carbocycles. The molecular weight excluding hydrogens is 463 g/mol. The number of hydrogen-bond acceptors (Lipinski definition) is 7. The van der Waals surface area contributed by atoms with E-state index in [1.54, 1.807) is 23.0 Å². The van der Waals surface area contributed by atoms with Gasteiger partial charge in [0.1, 0.15) is 18.6 Å². The first-order valence-corrected chi connectivity index (χ1v) is 12.5. The number of anilines is 1. The monoisotopic (exact) mass is 482 g/mol. The maximum absolute atomic E-state index is 12.2. The molecule has 11 heteroatoms. The second-order valence-electron chi connectivity index (χ2n) is 8.54. The molecule has 35 heavy (non-hydrogen) atoms. The highest BCUT2D eigenvalue weighted by molar-refractivity contribution is 7.90. The lowest BCUT2D eigenvalue weighted by Gasteiger charge is -2.13.